The van der Waals surface area contributed by atoms with E-state index in [2.05, 4.69) is 6.92 Å². The van der Waals surface area contributed by atoms with Crippen LogP contribution in [0, 0.1) is 5.92 Å². The SMILES string of the molecule is COCCOCCCOC1(CN)CCCC(C)C1. The predicted octanol–water partition coefficient (Wildman–Crippen LogP) is 1.96. The minimum absolute atomic E-state index is 0.0653. The Kier molecular flexibility index (Phi) is 7.82. The Labute approximate surface area is 111 Å². The van der Waals surface area contributed by atoms with Crippen LogP contribution in [-0.2, 0) is 14.2 Å². The number of rotatable bonds is 9. The van der Waals surface area contributed by atoms with Crippen LogP contribution in [0.2, 0.25) is 0 Å². The van der Waals surface area contributed by atoms with Crippen LogP contribution in [0.15, 0.2) is 0 Å². The zero-order valence-electron chi connectivity index (χ0n) is 12.0. The zero-order chi connectivity index (χ0) is 13.3. The van der Waals surface area contributed by atoms with Crippen molar-refractivity contribution >= 4 is 0 Å². The maximum absolute atomic E-state index is 6.06. The van der Waals surface area contributed by atoms with Gasteiger partial charge in [-0.05, 0) is 25.2 Å². The summed E-state index contributed by atoms with van der Waals surface area (Å²) in [6.45, 7) is 5.74. The molecule has 0 bridgehead atoms. The van der Waals surface area contributed by atoms with E-state index in [9.17, 15) is 0 Å². The summed E-state index contributed by atoms with van der Waals surface area (Å²) in [6.07, 6.45) is 5.69. The Morgan fingerprint density at radius 2 is 2.06 bits per heavy atom. The van der Waals surface area contributed by atoms with Gasteiger partial charge in [0.2, 0.25) is 0 Å². The second-order valence-corrected chi connectivity index (χ2v) is 5.40. The molecule has 1 saturated carbocycles. The van der Waals surface area contributed by atoms with Gasteiger partial charge in [0.05, 0.1) is 18.8 Å². The Hall–Kier alpha value is -0.160. The highest BCUT2D eigenvalue weighted by Crippen LogP contribution is 2.34. The molecule has 4 heteroatoms. The molecule has 0 amide bonds. The van der Waals surface area contributed by atoms with Crippen molar-refractivity contribution in [3.8, 4) is 0 Å². The molecule has 0 aromatic rings. The van der Waals surface area contributed by atoms with Gasteiger partial charge in [0.15, 0.2) is 0 Å². The summed E-state index contributed by atoms with van der Waals surface area (Å²) in [5, 5.41) is 0. The number of hydrogen-bond acceptors (Lipinski definition) is 4. The van der Waals surface area contributed by atoms with E-state index in [0.717, 1.165) is 38.4 Å². The van der Waals surface area contributed by atoms with E-state index in [0.29, 0.717) is 19.8 Å². The molecule has 0 aromatic carbocycles. The molecular formula is C14H29NO3. The van der Waals surface area contributed by atoms with Gasteiger partial charge in [-0.1, -0.05) is 19.8 Å². The smallest absolute Gasteiger partial charge is 0.0806 e. The fourth-order valence-electron chi connectivity index (χ4n) is 2.68. The van der Waals surface area contributed by atoms with Gasteiger partial charge >= 0.3 is 0 Å². The first-order valence-corrected chi connectivity index (χ1v) is 7.13. The molecule has 2 unspecified atom stereocenters. The lowest BCUT2D eigenvalue weighted by molar-refractivity contribution is -0.0797. The van der Waals surface area contributed by atoms with E-state index < -0.39 is 0 Å². The molecule has 4 nitrogen and oxygen atoms in total. The third-order valence-electron chi connectivity index (χ3n) is 3.69. The molecule has 1 aliphatic rings. The topological polar surface area (TPSA) is 53.7 Å². The number of ether oxygens (including phenoxy) is 3. The third kappa shape index (κ3) is 5.65. The van der Waals surface area contributed by atoms with Crippen molar-refractivity contribution in [1.82, 2.24) is 0 Å². The summed E-state index contributed by atoms with van der Waals surface area (Å²) in [5.74, 6) is 0.736. The van der Waals surface area contributed by atoms with Crippen LogP contribution in [0.1, 0.15) is 39.0 Å². The standard InChI is InChI=1S/C14H29NO3/c1-13-5-3-6-14(11-13,12-15)18-8-4-7-17-10-9-16-2/h13H,3-12,15H2,1-2H3. The highest BCUT2D eigenvalue weighted by Gasteiger charge is 2.34. The van der Waals surface area contributed by atoms with Crippen LogP contribution in [0.5, 0.6) is 0 Å². The second kappa shape index (κ2) is 8.86. The van der Waals surface area contributed by atoms with Gasteiger partial charge < -0.3 is 19.9 Å². The van der Waals surface area contributed by atoms with E-state index in [1.54, 1.807) is 7.11 Å². The average molecular weight is 259 g/mol. The fourth-order valence-corrected chi connectivity index (χ4v) is 2.68. The molecule has 0 aromatic heterocycles. The van der Waals surface area contributed by atoms with Crippen LogP contribution < -0.4 is 5.73 Å². The third-order valence-corrected chi connectivity index (χ3v) is 3.69. The van der Waals surface area contributed by atoms with Gasteiger partial charge in [-0.15, -0.1) is 0 Å². The molecular weight excluding hydrogens is 230 g/mol. The number of hydrogen-bond donors (Lipinski definition) is 1. The molecule has 0 heterocycles. The van der Waals surface area contributed by atoms with Gasteiger partial charge in [0.25, 0.3) is 0 Å². The normalized spacial score (nSPS) is 28.5. The van der Waals surface area contributed by atoms with Crippen molar-refractivity contribution in [3.63, 3.8) is 0 Å². The summed E-state index contributed by atoms with van der Waals surface area (Å²) >= 11 is 0. The van der Waals surface area contributed by atoms with Crippen molar-refractivity contribution in [3.05, 3.63) is 0 Å². The van der Waals surface area contributed by atoms with Gasteiger partial charge in [0.1, 0.15) is 0 Å². The van der Waals surface area contributed by atoms with E-state index in [-0.39, 0.29) is 5.60 Å². The minimum atomic E-state index is -0.0653. The summed E-state index contributed by atoms with van der Waals surface area (Å²) in [4.78, 5) is 0. The Morgan fingerprint density at radius 3 is 2.72 bits per heavy atom. The zero-order valence-corrected chi connectivity index (χ0v) is 12.0. The fraction of sp³-hybridized carbons (Fsp3) is 1.00. The first kappa shape index (κ1) is 15.9. The van der Waals surface area contributed by atoms with Crippen molar-refractivity contribution in [2.75, 3.05) is 40.1 Å². The second-order valence-electron chi connectivity index (χ2n) is 5.40. The molecule has 1 fully saturated rings. The summed E-state index contributed by atoms with van der Waals surface area (Å²) in [6, 6.07) is 0. The molecule has 108 valence electrons. The maximum Gasteiger partial charge on any atom is 0.0806 e. The van der Waals surface area contributed by atoms with E-state index >= 15 is 0 Å². The summed E-state index contributed by atoms with van der Waals surface area (Å²) in [7, 11) is 1.68. The predicted molar refractivity (Wildman–Crippen MR) is 72.7 cm³/mol. The van der Waals surface area contributed by atoms with Gasteiger partial charge in [-0.3, -0.25) is 0 Å². The summed E-state index contributed by atoms with van der Waals surface area (Å²) < 4.78 is 16.4. The van der Waals surface area contributed by atoms with Crippen molar-refractivity contribution in [2.45, 2.75) is 44.6 Å². The lowest BCUT2D eigenvalue weighted by atomic mass is 9.79. The van der Waals surface area contributed by atoms with Crippen molar-refractivity contribution in [2.24, 2.45) is 11.7 Å². The molecule has 0 saturated heterocycles. The quantitative estimate of drug-likeness (QED) is 0.643. The molecule has 2 N–H and O–H groups in total. The average Bonchev–Trinajstić information content (AvgIpc) is 2.38. The molecule has 1 aliphatic carbocycles. The van der Waals surface area contributed by atoms with Crippen LogP contribution in [0.3, 0.4) is 0 Å². The van der Waals surface area contributed by atoms with Gasteiger partial charge in [-0.25, -0.2) is 0 Å². The number of methoxy groups -OCH3 is 1. The first-order chi connectivity index (χ1) is 8.72. The largest absolute Gasteiger partial charge is 0.382 e. The molecule has 18 heavy (non-hydrogen) atoms. The van der Waals surface area contributed by atoms with E-state index in [1.807, 2.05) is 0 Å². The first-order valence-electron chi connectivity index (χ1n) is 7.13. The van der Waals surface area contributed by atoms with Gasteiger partial charge in [-0.2, -0.15) is 0 Å². The van der Waals surface area contributed by atoms with Crippen LogP contribution in [0.25, 0.3) is 0 Å². The van der Waals surface area contributed by atoms with E-state index in [1.165, 1.54) is 12.8 Å². The molecule has 0 aliphatic heterocycles. The molecule has 1 rings (SSSR count). The van der Waals surface area contributed by atoms with Crippen LogP contribution in [-0.4, -0.2) is 45.7 Å². The number of nitrogens with two attached hydrogens (primary N) is 1. The highest BCUT2D eigenvalue weighted by molar-refractivity contribution is 4.87. The summed E-state index contributed by atoms with van der Waals surface area (Å²) in [5.41, 5.74) is 5.84. The van der Waals surface area contributed by atoms with Crippen LogP contribution in [0.4, 0.5) is 0 Å². The molecule has 2 atom stereocenters. The van der Waals surface area contributed by atoms with Crippen molar-refractivity contribution in [1.29, 1.82) is 0 Å². The minimum Gasteiger partial charge on any atom is -0.382 e. The Balaban J connectivity index is 2.11. The Bertz CT molecular complexity index is 213. The lowest BCUT2D eigenvalue weighted by Gasteiger charge is -2.39. The molecule has 0 spiro atoms. The molecule has 0 radical (unpaired) electrons. The maximum atomic E-state index is 6.06. The van der Waals surface area contributed by atoms with E-state index in [4.69, 9.17) is 19.9 Å². The Morgan fingerprint density at radius 1 is 1.22 bits per heavy atom. The van der Waals surface area contributed by atoms with Gasteiger partial charge in [0, 0.05) is 26.9 Å². The lowest BCUT2D eigenvalue weighted by Crippen LogP contribution is -2.44. The van der Waals surface area contributed by atoms with Crippen LogP contribution >= 0.6 is 0 Å². The monoisotopic (exact) mass is 259 g/mol. The highest BCUT2D eigenvalue weighted by atomic mass is 16.5. The van der Waals surface area contributed by atoms with Crippen molar-refractivity contribution < 1.29 is 14.2 Å².